The third-order valence-electron chi connectivity index (χ3n) is 17.5. The summed E-state index contributed by atoms with van der Waals surface area (Å²) in [4.78, 5) is 77.1. The number of esters is 2. The molecule has 8 aliphatic rings. The molecule has 12 heteroatoms. The Labute approximate surface area is 339 Å². The lowest BCUT2D eigenvalue weighted by Crippen LogP contribution is -2.61. The van der Waals surface area contributed by atoms with Gasteiger partial charge in [0, 0.05) is 33.5 Å². The lowest BCUT2D eigenvalue weighted by molar-refractivity contribution is -0.182. The van der Waals surface area contributed by atoms with Gasteiger partial charge in [-0.05, 0) is 112 Å². The second-order valence-corrected chi connectivity index (χ2v) is 19.9. The number of ether oxygens (including phenoxy) is 2. The van der Waals surface area contributed by atoms with E-state index in [1.165, 1.54) is 0 Å². The summed E-state index contributed by atoms with van der Waals surface area (Å²) in [5, 5.41) is 47.1. The highest BCUT2D eigenvalue weighted by molar-refractivity contribution is 6.02. The van der Waals surface area contributed by atoms with Crippen molar-refractivity contribution in [2.75, 3.05) is 13.2 Å². The van der Waals surface area contributed by atoms with Gasteiger partial charge in [-0.2, -0.15) is 0 Å². The predicted octanol–water partition coefficient (Wildman–Crippen LogP) is 4.01. The van der Waals surface area contributed by atoms with Gasteiger partial charge in [-0.15, -0.1) is 0 Å². The molecule has 6 saturated carbocycles. The van der Waals surface area contributed by atoms with E-state index in [1.807, 2.05) is 26.0 Å². The molecular formula is C46H58O12. The van der Waals surface area contributed by atoms with Gasteiger partial charge in [-0.25, -0.2) is 0 Å². The van der Waals surface area contributed by atoms with E-state index in [0.29, 0.717) is 25.7 Å². The Bertz CT molecular complexity index is 1820. The van der Waals surface area contributed by atoms with E-state index in [0.717, 1.165) is 24.0 Å². The first-order valence-electron chi connectivity index (χ1n) is 21.3. The zero-order valence-corrected chi connectivity index (χ0v) is 34.0. The Hall–Kier alpha value is -3.58. The van der Waals surface area contributed by atoms with Crippen molar-refractivity contribution in [1.82, 2.24) is 0 Å². The number of fused-ring (bicyclic) bond motifs is 10. The van der Waals surface area contributed by atoms with Crippen LogP contribution >= 0.6 is 0 Å². The first kappa shape index (κ1) is 41.2. The molecular weight excluding hydrogens is 744 g/mol. The number of rotatable bonds is 9. The van der Waals surface area contributed by atoms with Crippen molar-refractivity contribution in [3.05, 3.63) is 47.6 Å². The molecule has 0 aromatic heterocycles. The summed E-state index contributed by atoms with van der Waals surface area (Å²) in [6, 6.07) is 0. The lowest BCUT2D eigenvalue weighted by atomic mass is 9.46. The smallest absolute Gasteiger partial charge is 0.306 e. The highest BCUT2D eigenvalue weighted by Crippen LogP contribution is 2.68. The number of aliphatic hydroxyl groups excluding tert-OH is 2. The van der Waals surface area contributed by atoms with Gasteiger partial charge in [0.05, 0.1) is 25.0 Å². The average molecular weight is 803 g/mol. The molecule has 0 saturated heterocycles. The molecule has 0 aromatic carbocycles. The summed E-state index contributed by atoms with van der Waals surface area (Å²) < 4.78 is 10.5. The molecule has 8 rings (SSSR count). The van der Waals surface area contributed by atoms with Crippen LogP contribution in [0.25, 0.3) is 0 Å². The topological polar surface area (TPSA) is 202 Å². The van der Waals surface area contributed by atoms with Crippen LogP contribution in [0.5, 0.6) is 0 Å². The molecule has 6 fully saturated rings. The van der Waals surface area contributed by atoms with Crippen molar-refractivity contribution in [1.29, 1.82) is 0 Å². The molecule has 0 radical (unpaired) electrons. The van der Waals surface area contributed by atoms with Gasteiger partial charge in [-0.3, -0.25) is 28.8 Å². The highest BCUT2D eigenvalue weighted by Gasteiger charge is 2.70. The van der Waals surface area contributed by atoms with Crippen molar-refractivity contribution < 1.29 is 58.7 Å². The van der Waals surface area contributed by atoms with Crippen molar-refractivity contribution in [2.24, 2.45) is 57.2 Å². The number of hydrogen-bond acceptors (Lipinski definition) is 12. The first-order valence-corrected chi connectivity index (χ1v) is 21.3. The van der Waals surface area contributed by atoms with E-state index in [2.05, 4.69) is 13.8 Å². The second-order valence-electron chi connectivity index (χ2n) is 19.9. The van der Waals surface area contributed by atoms with Crippen LogP contribution in [0, 0.1) is 57.2 Å². The average Bonchev–Trinajstić information content (AvgIpc) is 3.60. The molecule has 58 heavy (non-hydrogen) atoms. The van der Waals surface area contributed by atoms with E-state index in [9.17, 15) is 49.2 Å². The van der Waals surface area contributed by atoms with E-state index >= 15 is 0 Å². The SMILES string of the molecule is C[C@]12C=CC(=O)C=C1CCC1C2[C@@H](O)C[C@@]2(C)C1CC[C@]2(O)C(=O)COC(=O)CCC(=O)OCC(=O)[C@@]1(O)CC[C@H]2[C@@H]3CCC4=CC(=O)C=C[C@]4(C)[C@H]3[C@@H](O)C[C@@]21C. The van der Waals surface area contributed by atoms with Gasteiger partial charge < -0.3 is 29.9 Å². The molecule has 0 aliphatic heterocycles. The van der Waals surface area contributed by atoms with Gasteiger partial charge in [0.15, 0.2) is 24.8 Å². The van der Waals surface area contributed by atoms with Crippen LogP contribution in [0.15, 0.2) is 47.6 Å². The lowest BCUT2D eigenvalue weighted by Gasteiger charge is -2.59. The maximum absolute atomic E-state index is 13.7. The summed E-state index contributed by atoms with van der Waals surface area (Å²) >= 11 is 0. The zero-order valence-electron chi connectivity index (χ0n) is 34.0. The van der Waals surface area contributed by atoms with E-state index in [4.69, 9.17) is 9.47 Å². The number of aliphatic hydroxyl groups is 4. The van der Waals surface area contributed by atoms with Crippen molar-refractivity contribution in [2.45, 2.75) is 128 Å². The molecule has 3 unspecified atom stereocenters. The molecule has 0 spiro atoms. The van der Waals surface area contributed by atoms with Crippen LogP contribution in [-0.4, -0.2) is 92.1 Å². The highest BCUT2D eigenvalue weighted by atomic mass is 16.5. The summed E-state index contributed by atoms with van der Waals surface area (Å²) in [6.45, 7) is 6.39. The van der Waals surface area contributed by atoms with Crippen LogP contribution in [0.1, 0.15) is 105 Å². The summed E-state index contributed by atoms with van der Waals surface area (Å²) in [5.41, 5.74) is -4.52. The number of Topliss-reactive ketones (excluding diaryl/α,β-unsaturated/α-hetero) is 2. The number of carbonyl (C=O) groups is 6. The fourth-order valence-corrected chi connectivity index (χ4v) is 14.5. The van der Waals surface area contributed by atoms with Crippen molar-refractivity contribution in [3.8, 4) is 0 Å². The second kappa shape index (κ2) is 14.0. The Kier molecular flexibility index (Phi) is 9.93. The van der Waals surface area contributed by atoms with Crippen LogP contribution < -0.4 is 0 Å². The Balaban J connectivity index is 0.829. The van der Waals surface area contributed by atoms with Crippen molar-refractivity contribution >= 4 is 35.1 Å². The Morgan fingerprint density at radius 2 is 1.02 bits per heavy atom. The molecule has 8 aliphatic carbocycles. The fraction of sp³-hybridized carbons (Fsp3) is 0.696. The van der Waals surface area contributed by atoms with Crippen LogP contribution in [0.4, 0.5) is 0 Å². The van der Waals surface area contributed by atoms with Crippen molar-refractivity contribution in [3.63, 3.8) is 0 Å². The van der Waals surface area contributed by atoms with Gasteiger partial charge in [0.2, 0.25) is 11.6 Å². The standard InChI is InChI=1S/C46H58O12/c1-41-15-11-27(47)19-25(41)5-7-29-31-13-17-45(55,43(31,3)21-33(49)39(29)41)35(51)23-57-37(53)9-10-38(54)58-24-36(52)46(56)18-14-32-30-8-6-26-20-28(48)12-16-42(26,2)40(30)34(50)22-44(32,46)4/h11-12,15-16,19-20,29-34,39-40,49-50,55-56H,5-10,13-14,17-18,21-24H2,1-4H3/t29-,30?,31-,32?,33-,34-,39+,40?,41-,42-,43-,44-,45-,46-/m0/s1. The van der Waals surface area contributed by atoms with Gasteiger partial charge >= 0.3 is 11.9 Å². The van der Waals surface area contributed by atoms with Crippen LogP contribution in [0.3, 0.4) is 0 Å². The van der Waals surface area contributed by atoms with Gasteiger partial charge in [0.1, 0.15) is 11.2 Å². The fourth-order valence-electron chi connectivity index (χ4n) is 14.5. The zero-order chi connectivity index (χ0) is 41.8. The predicted molar refractivity (Wildman–Crippen MR) is 207 cm³/mol. The molecule has 0 amide bonds. The summed E-state index contributed by atoms with van der Waals surface area (Å²) in [7, 11) is 0. The molecule has 4 N–H and O–H groups in total. The minimum absolute atomic E-state index is 0.0194. The quantitative estimate of drug-likeness (QED) is 0.245. The maximum Gasteiger partial charge on any atom is 0.306 e. The normalized spacial score (nSPS) is 46.0. The summed E-state index contributed by atoms with van der Waals surface area (Å²) in [6.07, 6.45) is 12.4. The minimum Gasteiger partial charge on any atom is -0.458 e. The third-order valence-corrected chi connectivity index (χ3v) is 17.5. The monoisotopic (exact) mass is 802 g/mol. The van der Waals surface area contributed by atoms with E-state index < -0.39 is 94.6 Å². The molecule has 0 heterocycles. The molecule has 14 atom stereocenters. The number of allylic oxidation sites excluding steroid dienone is 8. The first-order chi connectivity index (χ1) is 27.2. The summed E-state index contributed by atoms with van der Waals surface area (Å²) in [5.74, 6) is -3.54. The number of ketones is 4. The Morgan fingerprint density at radius 3 is 1.40 bits per heavy atom. The van der Waals surface area contributed by atoms with Gasteiger partial charge in [-0.1, -0.05) is 51.0 Å². The van der Waals surface area contributed by atoms with E-state index in [-0.39, 0.29) is 72.8 Å². The number of carbonyl (C=O) groups excluding carboxylic acids is 6. The maximum atomic E-state index is 13.7. The van der Waals surface area contributed by atoms with Crippen LogP contribution in [0.2, 0.25) is 0 Å². The number of hydrogen-bond donors (Lipinski definition) is 4. The van der Waals surface area contributed by atoms with Crippen LogP contribution in [-0.2, 0) is 38.2 Å². The molecule has 314 valence electrons. The molecule has 0 aromatic rings. The minimum atomic E-state index is -1.83. The Morgan fingerprint density at radius 1 is 0.638 bits per heavy atom. The third kappa shape index (κ3) is 5.89. The van der Waals surface area contributed by atoms with E-state index in [1.54, 1.807) is 24.3 Å². The molecule has 12 nitrogen and oxygen atoms in total. The van der Waals surface area contributed by atoms with Gasteiger partial charge in [0.25, 0.3) is 0 Å². The molecule has 0 bridgehead atoms. The largest absolute Gasteiger partial charge is 0.458 e.